The minimum atomic E-state index is -0.536. The number of hydrogen-bond donors (Lipinski definition) is 1. The Morgan fingerprint density at radius 2 is 2.22 bits per heavy atom. The van der Waals surface area contributed by atoms with Crippen LogP contribution >= 0.6 is 24.2 Å². The molecule has 7 nitrogen and oxygen atoms in total. The Kier molecular flexibility index (Phi) is 7.11. The zero-order chi connectivity index (χ0) is 16.3. The largest absolute Gasteiger partial charge is 0.495 e. The van der Waals surface area contributed by atoms with Crippen LogP contribution in [0.2, 0.25) is 0 Å². The van der Waals surface area contributed by atoms with Crippen molar-refractivity contribution in [1.82, 2.24) is 10.2 Å². The van der Waals surface area contributed by atoms with Crippen molar-refractivity contribution in [1.29, 1.82) is 0 Å². The normalized spacial score (nSPS) is 17.3. The summed E-state index contributed by atoms with van der Waals surface area (Å²) in [5.74, 6) is 0.0995. The van der Waals surface area contributed by atoms with Crippen molar-refractivity contribution < 1.29 is 14.5 Å². The van der Waals surface area contributed by atoms with E-state index in [-0.39, 0.29) is 35.6 Å². The zero-order valence-corrected chi connectivity index (χ0v) is 14.8. The summed E-state index contributed by atoms with van der Waals surface area (Å²) in [6.45, 7) is 3.75. The quantitative estimate of drug-likeness (QED) is 0.502. The Labute approximate surface area is 145 Å². The first-order chi connectivity index (χ1) is 10.5. The first kappa shape index (κ1) is 19.5. The van der Waals surface area contributed by atoms with E-state index in [9.17, 15) is 14.9 Å². The standard InChI is InChI=1S/C14H19N3O4S.ClH/c1-9-8-16(5-4-15-9)14(18)10-6-13(22-3)12(21-2)7-11(10)17(19)20;/h6-7,9,15H,4-5,8H2,1-3H3;1H. The van der Waals surface area contributed by atoms with Gasteiger partial charge in [0.25, 0.3) is 11.6 Å². The van der Waals surface area contributed by atoms with Gasteiger partial charge in [-0.1, -0.05) is 0 Å². The molecule has 1 heterocycles. The molecule has 1 atom stereocenters. The number of halogens is 1. The molecule has 1 saturated heterocycles. The number of hydrogen-bond acceptors (Lipinski definition) is 6. The van der Waals surface area contributed by atoms with Gasteiger partial charge in [0.2, 0.25) is 0 Å². The van der Waals surface area contributed by atoms with Gasteiger partial charge in [-0.15, -0.1) is 24.2 Å². The maximum absolute atomic E-state index is 12.7. The third-order valence-corrected chi connectivity index (χ3v) is 4.34. The summed E-state index contributed by atoms with van der Waals surface area (Å²) >= 11 is 1.39. The van der Waals surface area contributed by atoms with Gasteiger partial charge in [0.15, 0.2) is 0 Å². The second kappa shape index (κ2) is 8.37. The Hall–Kier alpha value is -1.51. The SMILES string of the molecule is COc1cc([N+](=O)[O-])c(C(=O)N2CCNC(C)C2)cc1SC.Cl. The van der Waals surface area contributed by atoms with E-state index < -0.39 is 4.92 Å². The molecule has 1 aliphatic rings. The molecule has 0 aliphatic carbocycles. The van der Waals surface area contributed by atoms with Gasteiger partial charge in [0.05, 0.1) is 23.0 Å². The molecule has 0 saturated carbocycles. The fourth-order valence-electron chi connectivity index (χ4n) is 2.48. The van der Waals surface area contributed by atoms with Crippen molar-refractivity contribution in [3.63, 3.8) is 0 Å². The first-order valence-corrected chi connectivity index (χ1v) is 8.13. The average Bonchev–Trinajstić information content (AvgIpc) is 2.52. The molecule has 0 spiro atoms. The van der Waals surface area contributed by atoms with Gasteiger partial charge in [0.1, 0.15) is 11.3 Å². The number of piperazine rings is 1. The first-order valence-electron chi connectivity index (χ1n) is 6.91. The number of methoxy groups -OCH3 is 1. The van der Waals surface area contributed by atoms with E-state index in [1.54, 1.807) is 11.0 Å². The zero-order valence-electron chi connectivity index (χ0n) is 13.2. The number of amides is 1. The molecular formula is C14H20ClN3O4S. The predicted molar refractivity (Wildman–Crippen MR) is 92.0 cm³/mol. The van der Waals surface area contributed by atoms with E-state index in [4.69, 9.17) is 4.74 Å². The van der Waals surface area contributed by atoms with Gasteiger partial charge in [-0.2, -0.15) is 0 Å². The minimum absolute atomic E-state index is 0. The number of benzene rings is 1. The van der Waals surface area contributed by atoms with Crippen LogP contribution in [-0.2, 0) is 0 Å². The number of thioether (sulfide) groups is 1. The molecule has 0 bridgehead atoms. The Morgan fingerprint density at radius 1 is 1.52 bits per heavy atom. The third kappa shape index (κ3) is 4.27. The van der Waals surface area contributed by atoms with Crippen molar-refractivity contribution in [2.24, 2.45) is 0 Å². The van der Waals surface area contributed by atoms with Crippen molar-refractivity contribution in [3.8, 4) is 5.75 Å². The van der Waals surface area contributed by atoms with E-state index in [0.717, 1.165) is 0 Å². The number of ether oxygens (including phenoxy) is 1. The molecule has 1 N–H and O–H groups in total. The molecule has 1 aliphatic heterocycles. The van der Waals surface area contributed by atoms with Crippen LogP contribution in [0.15, 0.2) is 17.0 Å². The lowest BCUT2D eigenvalue weighted by molar-refractivity contribution is -0.385. The third-order valence-electron chi connectivity index (χ3n) is 3.58. The smallest absolute Gasteiger partial charge is 0.285 e. The lowest BCUT2D eigenvalue weighted by atomic mass is 10.1. The Morgan fingerprint density at radius 3 is 2.74 bits per heavy atom. The van der Waals surface area contributed by atoms with Crippen molar-refractivity contribution in [3.05, 3.63) is 27.8 Å². The molecule has 1 amide bonds. The fraction of sp³-hybridized carbons (Fsp3) is 0.500. The van der Waals surface area contributed by atoms with Gasteiger partial charge in [-0.25, -0.2) is 0 Å². The molecule has 1 unspecified atom stereocenters. The summed E-state index contributed by atoms with van der Waals surface area (Å²) in [6.07, 6.45) is 1.84. The topological polar surface area (TPSA) is 84.7 Å². The molecule has 0 aromatic heterocycles. The second-order valence-corrected chi connectivity index (χ2v) is 5.94. The van der Waals surface area contributed by atoms with Crippen LogP contribution < -0.4 is 10.1 Å². The molecule has 9 heteroatoms. The summed E-state index contributed by atoms with van der Waals surface area (Å²) in [6, 6.07) is 3.05. The Bertz CT molecular complexity index is 600. The predicted octanol–water partition coefficient (Wildman–Crippen LogP) is 2.18. The minimum Gasteiger partial charge on any atom is -0.495 e. The molecular weight excluding hydrogens is 342 g/mol. The summed E-state index contributed by atoms with van der Waals surface area (Å²) in [5.41, 5.74) is -0.102. The second-order valence-electron chi connectivity index (χ2n) is 5.09. The molecule has 1 aromatic carbocycles. The van der Waals surface area contributed by atoms with Crippen LogP contribution in [0.1, 0.15) is 17.3 Å². The maximum Gasteiger partial charge on any atom is 0.285 e. The van der Waals surface area contributed by atoms with Crippen LogP contribution in [0.5, 0.6) is 5.75 Å². The summed E-state index contributed by atoms with van der Waals surface area (Å²) in [5, 5.41) is 14.5. The van der Waals surface area contributed by atoms with E-state index in [1.165, 1.54) is 24.9 Å². The number of carbonyl (C=O) groups is 1. The van der Waals surface area contributed by atoms with Crippen LogP contribution in [-0.4, -0.2) is 54.8 Å². The average molecular weight is 362 g/mol. The fourth-order valence-corrected chi connectivity index (χ4v) is 3.06. The van der Waals surface area contributed by atoms with Crippen LogP contribution in [0.3, 0.4) is 0 Å². The summed E-state index contributed by atoms with van der Waals surface area (Å²) < 4.78 is 5.16. The highest BCUT2D eigenvalue weighted by molar-refractivity contribution is 7.98. The van der Waals surface area contributed by atoms with Crippen LogP contribution in [0, 0.1) is 10.1 Å². The van der Waals surface area contributed by atoms with E-state index in [1.807, 2.05) is 13.2 Å². The van der Waals surface area contributed by atoms with Crippen molar-refractivity contribution >= 4 is 35.8 Å². The van der Waals surface area contributed by atoms with Gasteiger partial charge < -0.3 is 15.0 Å². The summed E-state index contributed by atoms with van der Waals surface area (Å²) in [4.78, 5) is 25.8. The molecule has 1 aromatic rings. The molecule has 128 valence electrons. The highest BCUT2D eigenvalue weighted by Gasteiger charge is 2.29. The van der Waals surface area contributed by atoms with Gasteiger partial charge in [0, 0.05) is 25.7 Å². The van der Waals surface area contributed by atoms with Crippen LogP contribution in [0.25, 0.3) is 0 Å². The van der Waals surface area contributed by atoms with Crippen LogP contribution in [0.4, 0.5) is 5.69 Å². The number of nitro groups is 1. The molecule has 2 rings (SSSR count). The number of nitrogens with zero attached hydrogens (tertiary/aromatic N) is 2. The monoisotopic (exact) mass is 361 g/mol. The highest BCUT2D eigenvalue weighted by atomic mass is 35.5. The van der Waals surface area contributed by atoms with Gasteiger partial charge >= 0.3 is 0 Å². The molecule has 0 radical (unpaired) electrons. The van der Waals surface area contributed by atoms with Gasteiger partial charge in [-0.05, 0) is 19.2 Å². The van der Waals surface area contributed by atoms with Gasteiger partial charge in [-0.3, -0.25) is 14.9 Å². The lowest BCUT2D eigenvalue weighted by Gasteiger charge is -2.31. The number of nitrogens with one attached hydrogen (secondary N) is 1. The molecule has 1 fully saturated rings. The van der Waals surface area contributed by atoms with Crippen molar-refractivity contribution in [2.75, 3.05) is 33.0 Å². The van der Waals surface area contributed by atoms with E-state index >= 15 is 0 Å². The Balaban J connectivity index is 0.00000264. The van der Waals surface area contributed by atoms with E-state index in [0.29, 0.717) is 30.3 Å². The maximum atomic E-state index is 12.7. The van der Waals surface area contributed by atoms with Crippen molar-refractivity contribution in [2.45, 2.75) is 17.9 Å². The number of carbonyl (C=O) groups excluding carboxylic acids is 1. The highest BCUT2D eigenvalue weighted by Crippen LogP contribution is 2.35. The van der Waals surface area contributed by atoms with E-state index in [2.05, 4.69) is 5.32 Å². The molecule has 23 heavy (non-hydrogen) atoms. The summed E-state index contributed by atoms with van der Waals surface area (Å²) in [7, 11) is 1.46. The lowest BCUT2D eigenvalue weighted by Crippen LogP contribution is -2.51. The number of rotatable bonds is 4. The number of nitro benzene ring substituents is 1.